The fraction of sp³-hybridized carbons (Fsp3) is 0.533. The van der Waals surface area contributed by atoms with Crippen LogP contribution in [0.5, 0.6) is 0 Å². The molecule has 0 spiro atoms. The highest BCUT2D eigenvalue weighted by Crippen LogP contribution is 2.31. The van der Waals surface area contributed by atoms with E-state index in [1.807, 2.05) is 6.20 Å². The summed E-state index contributed by atoms with van der Waals surface area (Å²) in [5, 5.41) is 5.83. The van der Waals surface area contributed by atoms with Crippen molar-refractivity contribution in [2.75, 3.05) is 0 Å². The summed E-state index contributed by atoms with van der Waals surface area (Å²) in [4.78, 5) is 4.52. The smallest absolute Gasteiger partial charge is 0.0809 e. The molecule has 0 aliphatic heterocycles. The van der Waals surface area contributed by atoms with E-state index in [0.717, 1.165) is 11.4 Å². The van der Waals surface area contributed by atoms with Crippen molar-refractivity contribution >= 4 is 21.6 Å². The molecule has 2 aromatic rings. The van der Waals surface area contributed by atoms with Gasteiger partial charge in [-0.3, -0.25) is 4.98 Å². The van der Waals surface area contributed by atoms with Gasteiger partial charge in [0, 0.05) is 18.3 Å². The molecular weight excluding hydrogens is 240 g/mol. The summed E-state index contributed by atoms with van der Waals surface area (Å²) in [6.45, 7) is 4.56. The molecule has 0 bridgehead atoms. The maximum atomic E-state index is 4.52. The minimum absolute atomic E-state index is 0.389. The van der Waals surface area contributed by atoms with Gasteiger partial charge in [0.05, 0.1) is 10.2 Å². The molecule has 2 aromatic heterocycles. The number of hydrogen-bond acceptors (Lipinski definition) is 3. The Morgan fingerprint density at radius 2 is 2.22 bits per heavy atom. The van der Waals surface area contributed by atoms with Gasteiger partial charge in [-0.25, -0.2) is 0 Å². The van der Waals surface area contributed by atoms with Crippen LogP contribution in [-0.2, 0) is 0 Å². The average molecular weight is 260 g/mol. The highest BCUT2D eigenvalue weighted by Gasteiger charge is 2.24. The van der Waals surface area contributed by atoms with Crippen LogP contribution in [-0.4, -0.2) is 11.0 Å². The number of fused-ring (bicyclic) bond motifs is 1. The van der Waals surface area contributed by atoms with Crippen molar-refractivity contribution in [2.24, 2.45) is 5.92 Å². The minimum atomic E-state index is 0.389. The zero-order chi connectivity index (χ0) is 12.5. The number of nitrogens with one attached hydrogen (secondary N) is 1. The third kappa shape index (κ3) is 2.29. The van der Waals surface area contributed by atoms with Crippen molar-refractivity contribution in [3.8, 4) is 0 Å². The van der Waals surface area contributed by atoms with Gasteiger partial charge >= 0.3 is 0 Å². The van der Waals surface area contributed by atoms with Crippen molar-refractivity contribution in [2.45, 2.75) is 45.2 Å². The predicted octanol–water partition coefficient (Wildman–Crippen LogP) is 4.14. The number of rotatable bonds is 4. The lowest BCUT2D eigenvalue weighted by atomic mass is 9.80. The van der Waals surface area contributed by atoms with E-state index in [1.54, 1.807) is 11.3 Å². The number of nitrogens with zero attached hydrogens (tertiary/aromatic N) is 1. The first-order valence-electron chi connectivity index (χ1n) is 6.83. The molecule has 96 valence electrons. The van der Waals surface area contributed by atoms with Crippen molar-refractivity contribution in [3.05, 3.63) is 29.3 Å². The minimum Gasteiger partial charge on any atom is -0.307 e. The lowest BCUT2D eigenvalue weighted by molar-refractivity contribution is 0.229. The summed E-state index contributed by atoms with van der Waals surface area (Å²) in [6.07, 6.45) is 6.21. The summed E-state index contributed by atoms with van der Waals surface area (Å²) >= 11 is 1.77. The van der Waals surface area contributed by atoms with Crippen molar-refractivity contribution in [3.63, 3.8) is 0 Å². The van der Waals surface area contributed by atoms with Gasteiger partial charge in [0.25, 0.3) is 0 Å². The molecule has 2 heterocycles. The molecular formula is C15H20N2S. The van der Waals surface area contributed by atoms with Crippen molar-refractivity contribution in [1.29, 1.82) is 0 Å². The summed E-state index contributed by atoms with van der Waals surface area (Å²) in [7, 11) is 0. The largest absolute Gasteiger partial charge is 0.307 e. The van der Waals surface area contributed by atoms with Crippen LogP contribution in [0.15, 0.2) is 23.7 Å². The highest BCUT2D eigenvalue weighted by atomic mass is 32.1. The average Bonchev–Trinajstić information content (AvgIpc) is 2.72. The second kappa shape index (κ2) is 4.98. The Balaban J connectivity index is 1.72. The summed E-state index contributed by atoms with van der Waals surface area (Å²) in [5.41, 5.74) is 2.42. The Labute approximate surface area is 112 Å². The molecule has 1 N–H and O–H groups in total. The molecule has 1 saturated carbocycles. The molecule has 0 amide bonds. The third-order valence-corrected chi connectivity index (χ3v) is 5.05. The quantitative estimate of drug-likeness (QED) is 0.894. The normalized spacial score (nSPS) is 19.7. The van der Waals surface area contributed by atoms with Crippen LogP contribution in [0.4, 0.5) is 0 Å². The van der Waals surface area contributed by atoms with E-state index >= 15 is 0 Å². The number of pyridine rings is 1. The van der Waals surface area contributed by atoms with Crippen molar-refractivity contribution < 1.29 is 0 Å². The Kier molecular flexibility index (Phi) is 3.35. The van der Waals surface area contributed by atoms with Crippen LogP contribution in [0.3, 0.4) is 0 Å². The highest BCUT2D eigenvalue weighted by molar-refractivity contribution is 7.17. The van der Waals surface area contributed by atoms with E-state index in [9.17, 15) is 0 Å². The maximum Gasteiger partial charge on any atom is 0.0809 e. The zero-order valence-corrected chi connectivity index (χ0v) is 11.8. The van der Waals surface area contributed by atoms with E-state index in [-0.39, 0.29) is 0 Å². The maximum absolute atomic E-state index is 4.52. The van der Waals surface area contributed by atoms with Gasteiger partial charge in [0.1, 0.15) is 0 Å². The molecule has 0 aromatic carbocycles. The van der Waals surface area contributed by atoms with E-state index in [0.29, 0.717) is 12.1 Å². The lowest BCUT2D eigenvalue weighted by Crippen LogP contribution is -2.38. The molecule has 3 rings (SSSR count). The summed E-state index contributed by atoms with van der Waals surface area (Å²) < 4.78 is 1.29. The van der Waals surface area contributed by atoms with Crippen LogP contribution >= 0.6 is 11.3 Å². The molecule has 1 aliphatic rings. The SMILES string of the molecule is CC(NC(C)C1CCC1)c1cnc2ccsc2c1. The molecule has 18 heavy (non-hydrogen) atoms. The van der Waals surface area contributed by atoms with E-state index in [4.69, 9.17) is 0 Å². The van der Waals surface area contributed by atoms with Gasteiger partial charge in [-0.05, 0) is 55.7 Å². The van der Waals surface area contributed by atoms with Gasteiger partial charge in [-0.15, -0.1) is 11.3 Å². The summed E-state index contributed by atoms with van der Waals surface area (Å²) in [6, 6.07) is 5.36. The second-order valence-corrected chi connectivity index (χ2v) is 6.39. The molecule has 2 atom stereocenters. The van der Waals surface area contributed by atoms with Gasteiger partial charge in [-0.2, -0.15) is 0 Å². The first-order valence-corrected chi connectivity index (χ1v) is 7.71. The number of aromatic nitrogens is 1. The Hall–Kier alpha value is -0.930. The van der Waals surface area contributed by atoms with Crippen LogP contribution in [0.25, 0.3) is 10.2 Å². The third-order valence-electron chi connectivity index (χ3n) is 4.19. The number of hydrogen-bond donors (Lipinski definition) is 1. The summed E-state index contributed by atoms with van der Waals surface area (Å²) in [5.74, 6) is 0.880. The van der Waals surface area contributed by atoms with Crippen LogP contribution in [0.2, 0.25) is 0 Å². The fourth-order valence-electron chi connectivity index (χ4n) is 2.66. The lowest BCUT2D eigenvalue weighted by Gasteiger charge is -2.34. The number of thiophene rings is 1. The zero-order valence-electron chi connectivity index (χ0n) is 11.0. The molecule has 1 fully saturated rings. The van der Waals surface area contributed by atoms with Crippen LogP contribution in [0.1, 0.15) is 44.7 Å². The first-order chi connectivity index (χ1) is 8.74. The van der Waals surface area contributed by atoms with E-state index < -0.39 is 0 Å². The van der Waals surface area contributed by atoms with E-state index in [2.05, 4.69) is 41.7 Å². The van der Waals surface area contributed by atoms with Gasteiger partial charge < -0.3 is 5.32 Å². The topological polar surface area (TPSA) is 24.9 Å². The standard InChI is InChI=1S/C15H20N2S/c1-10(12-4-3-5-12)17-11(2)13-8-15-14(16-9-13)6-7-18-15/h6-12,17H,3-5H2,1-2H3. The van der Waals surface area contributed by atoms with Crippen LogP contribution < -0.4 is 5.32 Å². The molecule has 0 saturated heterocycles. The molecule has 0 radical (unpaired) electrons. The Morgan fingerprint density at radius 1 is 1.39 bits per heavy atom. The molecule has 3 heteroatoms. The monoisotopic (exact) mass is 260 g/mol. The van der Waals surface area contributed by atoms with Crippen LogP contribution in [0, 0.1) is 5.92 Å². The predicted molar refractivity (Wildman–Crippen MR) is 78.0 cm³/mol. The fourth-order valence-corrected chi connectivity index (χ4v) is 3.45. The molecule has 2 unspecified atom stereocenters. The Bertz CT molecular complexity index is 530. The van der Waals surface area contributed by atoms with Gasteiger partial charge in [-0.1, -0.05) is 6.42 Å². The first kappa shape index (κ1) is 12.1. The van der Waals surface area contributed by atoms with E-state index in [1.165, 1.54) is 29.5 Å². The van der Waals surface area contributed by atoms with Gasteiger partial charge in [0.2, 0.25) is 0 Å². The Morgan fingerprint density at radius 3 is 2.94 bits per heavy atom. The van der Waals surface area contributed by atoms with Gasteiger partial charge in [0.15, 0.2) is 0 Å². The molecule has 1 aliphatic carbocycles. The molecule has 2 nitrogen and oxygen atoms in total. The second-order valence-electron chi connectivity index (χ2n) is 5.44. The van der Waals surface area contributed by atoms with Crippen molar-refractivity contribution in [1.82, 2.24) is 10.3 Å².